The van der Waals surface area contributed by atoms with Crippen LogP contribution in [0.5, 0.6) is 23.0 Å². The van der Waals surface area contributed by atoms with Gasteiger partial charge in [0.1, 0.15) is 12.1 Å². The van der Waals surface area contributed by atoms with E-state index in [1.165, 1.54) is 19.2 Å². The molecule has 0 radical (unpaired) electrons. The third-order valence-corrected chi connectivity index (χ3v) is 7.98. The topological polar surface area (TPSA) is 253 Å². The normalized spacial score (nSPS) is 19.0. The van der Waals surface area contributed by atoms with Crippen molar-refractivity contribution in [3.8, 4) is 23.0 Å². The van der Waals surface area contributed by atoms with Gasteiger partial charge in [-0.1, -0.05) is 50.2 Å². The molecule has 0 aromatic heterocycles. The minimum absolute atomic E-state index is 0.0462. The van der Waals surface area contributed by atoms with Crippen LogP contribution in [0.2, 0.25) is 0 Å². The quantitative estimate of drug-likeness (QED) is 0.119. The second-order valence-electron chi connectivity index (χ2n) is 12.3. The number of fused-ring (bicyclic) bond motifs is 9. The fourth-order valence-corrected chi connectivity index (χ4v) is 5.52. The van der Waals surface area contributed by atoms with Gasteiger partial charge in [-0.05, 0) is 47.2 Å². The van der Waals surface area contributed by atoms with Gasteiger partial charge in [-0.3, -0.25) is 24.5 Å². The van der Waals surface area contributed by atoms with Crippen molar-refractivity contribution >= 4 is 29.4 Å². The van der Waals surface area contributed by atoms with E-state index >= 15 is 0 Å². The molecule has 3 aromatic carbocycles. The molecule has 2 heterocycles. The number of phenolic OH excluding ortho intramolecular Hbond substituents is 1. The van der Waals surface area contributed by atoms with Gasteiger partial charge in [0.2, 0.25) is 29.2 Å². The molecule has 0 unspecified atom stereocenters. The second kappa shape index (κ2) is 16.1. The average molecular weight is 694 g/mol. The van der Waals surface area contributed by atoms with Crippen LogP contribution in [0.4, 0.5) is 5.69 Å². The number of amides is 3. The molecule has 5 atom stereocenters. The Morgan fingerprint density at radius 1 is 1.08 bits per heavy atom. The van der Waals surface area contributed by atoms with E-state index in [0.29, 0.717) is 12.0 Å². The van der Waals surface area contributed by atoms with Crippen LogP contribution in [0.1, 0.15) is 43.0 Å². The van der Waals surface area contributed by atoms with E-state index in [1.807, 2.05) is 13.8 Å². The van der Waals surface area contributed by atoms with Crippen LogP contribution in [-0.2, 0) is 32.0 Å². The number of hydrogen-bond acceptors (Lipinski definition) is 11. The monoisotopic (exact) mass is 693 g/mol. The molecule has 0 spiro atoms. The molecule has 0 saturated heterocycles. The Morgan fingerprint density at radius 2 is 1.78 bits per heavy atom. The molecule has 4 bridgehead atoms. The standard InChI is InChI=1S/C34H39N5O11/c1-17(2)11-21(35)31(42)36-23-13-19-9-10-26(24(14-19)39(47)48)50-27-16-20(15-25(40)30(27)49-3)28(29(41)34(45)46)38-33(44)22(37-32(23)43)12-18-7-5-4-6-8-18/h4-10,14-17,21-23,28-29,40-41H,11-13,35H2,1-3H3,(H,36,42)(H,37,43)(H,38,44)(H,45,46)/t21-,22+,23-,28-,29-/m1/s1. The van der Waals surface area contributed by atoms with E-state index in [-0.39, 0.29) is 47.1 Å². The number of nitro groups is 1. The Labute approximate surface area is 286 Å². The second-order valence-corrected chi connectivity index (χ2v) is 12.3. The fraction of sp³-hybridized carbons (Fsp3) is 0.353. The van der Waals surface area contributed by atoms with Crippen LogP contribution in [-0.4, -0.2) is 75.3 Å². The van der Waals surface area contributed by atoms with Crippen molar-refractivity contribution in [2.45, 2.75) is 63.4 Å². The third-order valence-electron chi connectivity index (χ3n) is 7.98. The molecule has 0 aliphatic carbocycles. The van der Waals surface area contributed by atoms with Gasteiger partial charge in [-0.25, -0.2) is 4.79 Å². The van der Waals surface area contributed by atoms with Crippen molar-refractivity contribution in [2.75, 3.05) is 7.11 Å². The highest BCUT2D eigenvalue weighted by Gasteiger charge is 2.35. The largest absolute Gasteiger partial charge is 0.504 e. The summed E-state index contributed by atoms with van der Waals surface area (Å²) in [6.45, 7) is 3.73. The zero-order chi connectivity index (χ0) is 36.7. The van der Waals surface area contributed by atoms with Crippen LogP contribution in [0.15, 0.2) is 60.7 Å². The van der Waals surface area contributed by atoms with Crippen molar-refractivity contribution in [2.24, 2.45) is 11.7 Å². The molecule has 266 valence electrons. The predicted octanol–water partition coefficient (Wildman–Crippen LogP) is 1.85. The number of benzene rings is 3. The summed E-state index contributed by atoms with van der Waals surface area (Å²) in [6, 6.07) is 9.02. The number of ether oxygens (including phenoxy) is 2. The molecule has 2 aliphatic heterocycles. The Morgan fingerprint density at radius 3 is 2.40 bits per heavy atom. The summed E-state index contributed by atoms with van der Waals surface area (Å²) in [7, 11) is 1.19. The third kappa shape index (κ3) is 9.03. The number of methoxy groups -OCH3 is 1. The van der Waals surface area contributed by atoms with E-state index in [4.69, 9.17) is 15.2 Å². The molecule has 3 amide bonds. The summed E-state index contributed by atoms with van der Waals surface area (Å²) in [5, 5.41) is 51.2. The number of aliphatic carboxylic acids is 1. The maximum atomic E-state index is 13.9. The van der Waals surface area contributed by atoms with Gasteiger partial charge in [0, 0.05) is 18.9 Å². The highest BCUT2D eigenvalue weighted by molar-refractivity contribution is 5.93. The Hall–Kier alpha value is -5.74. The van der Waals surface area contributed by atoms with E-state index in [1.54, 1.807) is 30.3 Å². The minimum Gasteiger partial charge on any atom is -0.504 e. The number of aliphatic hydroxyl groups is 1. The number of aromatic hydroxyl groups is 1. The van der Waals surface area contributed by atoms with Crippen LogP contribution >= 0.6 is 0 Å². The highest BCUT2D eigenvalue weighted by Crippen LogP contribution is 2.44. The first-order valence-corrected chi connectivity index (χ1v) is 15.7. The molecular weight excluding hydrogens is 654 g/mol. The number of carboxylic acids is 1. The van der Waals surface area contributed by atoms with Gasteiger partial charge < -0.3 is 46.5 Å². The van der Waals surface area contributed by atoms with Crippen LogP contribution in [0.3, 0.4) is 0 Å². The van der Waals surface area contributed by atoms with Crippen molar-refractivity contribution < 1.29 is 48.9 Å². The zero-order valence-corrected chi connectivity index (χ0v) is 27.5. The molecule has 3 aromatic rings. The average Bonchev–Trinajstić information content (AvgIpc) is 3.06. The number of nitro benzene ring substituents is 1. The highest BCUT2D eigenvalue weighted by atomic mass is 16.6. The van der Waals surface area contributed by atoms with E-state index < -0.39 is 70.3 Å². The molecule has 8 N–H and O–H groups in total. The lowest BCUT2D eigenvalue weighted by molar-refractivity contribution is -0.385. The number of carbonyl (C=O) groups is 4. The van der Waals surface area contributed by atoms with Gasteiger partial charge in [0.25, 0.3) is 0 Å². The lowest BCUT2D eigenvalue weighted by atomic mass is 9.97. The Balaban J connectivity index is 1.90. The van der Waals surface area contributed by atoms with Crippen LogP contribution in [0.25, 0.3) is 0 Å². The van der Waals surface area contributed by atoms with Gasteiger partial charge in [-0.15, -0.1) is 0 Å². The molecule has 0 fully saturated rings. The minimum atomic E-state index is -2.28. The molecule has 50 heavy (non-hydrogen) atoms. The fourth-order valence-electron chi connectivity index (χ4n) is 5.52. The summed E-state index contributed by atoms with van der Waals surface area (Å²) >= 11 is 0. The van der Waals surface area contributed by atoms with Gasteiger partial charge in [-0.2, -0.15) is 0 Å². The first kappa shape index (κ1) is 37.1. The predicted molar refractivity (Wildman–Crippen MR) is 177 cm³/mol. The summed E-state index contributed by atoms with van der Waals surface area (Å²) in [6.07, 6.45) is -2.37. The van der Waals surface area contributed by atoms with Gasteiger partial charge in [0.15, 0.2) is 17.6 Å². The molecular formula is C34H39N5O11. The molecule has 16 heteroatoms. The maximum absolute atomic E-state index is 13.9. The Bertz CT molecular complexity index is 1750. The number of nitrogens with one attached hydrogen (secondary N) is 3. The first-order chi connectivity index (χ1) is 23.7. The first-order valence-electron chi connectivity index (χ1n) is 15.7. The maximum Gasteiger partial charge on any atom is 0.335 e. The Kier molecular flexibility index (Phi) is 11.9. The number of nitrogens with two attached hydrogens (primary N) is 1. The summed E-state index contributed by atoms with van der Waals surface area (Å²) < 4.78 is 11.1. The summed E-state index contributed by atoms with van der Waals surface area (Å²) in [4.78, 5) is 64.5. The number of rotatable bonds is 10. The lowest BCUT2D eigenvalue weighted by Gasteiger charge is -2.28. The number of aliphatic hydroxyl groups excluding tert-OH is 1. The van der Waals surface area contributed by atoms with Crippen LogP contribution < -0.4 is 31.2 Å². The van der Waals surface area contributed by atoms with Crippen molar-refractivity contribution in [1.29, 1.82) is 0 Å². The molecule has 5 rings (SSSR count). The summed E-state index contributed by atoms with van der Waals surface area (Å²) in [5.74, 6) is -5.63. The van der Waals surface area contributed by atoms with E-state index in [9.17, 15) is 44.6 Å². The number of phenols is 1. The lowest BCUT2D eigenvalue weighted by Crippen LogP contribution is -2.57. The van der Waals surface area contributed by atoms with Gasteiger partial charge >= 0.3 is 11.7 Å². The molecule has 2 aliphatic rings. The van der Waals surface area contributed by atoms with E-state index in [0.717, 1.165) is 18.2 Å². The van der Waals surface area contributed by atoms with Crippen LogP contribution in [0, 0.1) is 16.0 Å². The number of hydrogen-bond donors (Lipinski definition) is 7. The summed E-state index contributed by atoms with van der Waals surface area (Å²) in [5.41, 5.74) is 6.20. The van der Waals surface area contributed by atoms with E-state index in [2.05, 4.69) is 16.0 Å². The number of nitrogens with zero attached hydrogens (tertiary/aromatic N) is 1. The van der Waals surface area contributed by atoms with Crippen molar-refractivity contribution in [1.82, 2.24) is 16.0 Å². The van der Waals surface area contributed by atoms with Crippen molar-refractivity contribution in [3.05, 3.63) is 87.5 Å². The molecule has 0 saturated carbocycles. The number of carbonyl (C=O) groups excluding carboxylic acids is 3. The van der Waals surface area contributed by atoms with Crippen molar-refractivity contribution in [3.63, 3.8) is 0 Å². The zero-order valence-electron chi connectivity index (χ0n) is 27.5. The SMILES string of the molecule is COc1c(O)cc2cc1Oc1ccc(cc1[N+](=O)[O-])C[C@@H](NC(=O)[C@H](N)CC(C)C)C(=O)N[C@@H](Cc1ccccc1)C(=O)N[C@H]2[C@@H](O)C(=O)O. The number of carboxylic acid groups (broad SMARTS) is 1. The molecule has 16 nitrogen and oxygen atoms in total. The smallest absolute Gasteiger partial charge is 0.335 e. The van der Waals surface area contributed by atoms with Gasteiger partial charge in [0.05, 0.1) is 24.1 Å².